The number of aliphatic hydroxyl groups is 1. The number of halogens is 1. The molecule has 2 rings (SSSR count). The molecule has 0 aromatic heterocycles. The summed E-state index contributed by atoms with van der Waals surface area (Å²) in [4.78, 5) is 0. The summed E-state index contributed by atoms with van der Waals surface area (Å²) in [5.74, 6) is 0. The minimum Gasteiger partial charge on any atom is -0.389 e. The van der Waals surface area contributed by atoms with Gasteiger partial charge in [-0.2, -0.15) is 0 Å². The first-order valence-corrected chi connectivity index (χ1v) is 8.19. The van der Waals surface area contributed by atoms with Crippen LogP contribution in [0.3, 0.4) is 0 Å². The van der Waals surface area contributed by atoms with Crippen molar-refractivity contribution in [2.24, 2.45) is 5.41 Å². The minimum absolute atomic E-state index is 0.280. The highest BCUT2D eigenvalue weighted by Gasteiger charge is 2.53. The van der Waals surface area contributed by atoms with E-state index in [1.54, 1.807) is 6.08 Å². The molecule has 2 atom stereocenters. The molecular weight excluding hydrogens is 296 g/mol. The van der Waals surface area contributed by atoms with Crippen LogP contribution in [0.4, 0.5) is 0 Å². The van der Waals surface area contributed by atoms with E-state index in [9.17, 15) is 5.11 Å². The summed E-state index contributed by atoms with van der Waals surface area (Å²) in [6.45, 7) is 8.55. The van der Waals surface area contributed by atoms with Gasteiger partial charge in [-0.3, -0.25) is 0 Å². The molecule has 1 aromatic carbocycles. The van der Waals surface area contributed by atoms with Crippen molar-refractivity contribution in [3.8, 4) is 0 Å². The predicted molar refractivity (Wildman–Crippen MR) is 92.2 cm³/mol. The number of benzene rings is 1. The molecule has 0 saturated heterocycles. The summed E-state index contributed by atoms with van der Waals surface area (Å²) in [5, 5.41) is 11.9. The van der Waals surface area contributed by atoms with Crippen LogP contribution in [0.2, 0.25) is 5.02 Å². The van der Waals surface area contributed by atoms with Crippen LogP contribution in [0.25, 0.3) is 0 Å². The molecule has 1 aliphatic rings. The van der Waals surface area contributed by atoms with E-state index in [1.807, 2.05) is 30.3 Å². The van der Waals surface area contributed by atoms with Crippen molar-refractivity contribution in [3.05, 3.63) is 60.2 Å². The predicted octanol–water partition coefficient (Wildman–Crippen LogP) is 4.56. The molecule has 1 fully saturated rings. The van der Waals surface area contributed by atoms with Crippen LogP contribution in [0.15, 0.2) is 49.6 Å². The summed E-state index contributed by atoms with van der Waals surface area (Å²) in [6, 6.07) is 7.86. The van der Waals surface area contributed by atoms with Crippen molar-refractivity contribution >= 4 is 11.6 Å². The third kappa shape index (κ3) is 3.62. The van der Waals surface area contributed by atoms with Gasteiger partial charge < -0.3 is 9.84 Å². The maximum atomic E-state index is 11.2. The molecule has 1 aromatic rings. The average Bonchev–Trinajstić information content (AvgIpc) is 2.79. The van der Waals surface area contributed by atoms with E-state index in [4.69, 9.17) is 16.3 Å². The van der Waals surface area contributed by atoms with Gasteiger partial charge in [-0.1, -0.05) is 35.9 Å². The summed E-state index contributed by atoms with van der Waals surface area (Å²) in [6.07, 6.45) is 7.70. The first-order chi connectivity index (χ1) is 10.6. The first-order valence-electron chi connectivity index (χ1n) is 7.82. The SMILES string of the molecule is C=CCOC[C@]1(Cc2ccc(Cl)cc2)CCC[C@]1(O)CC=C. The maximum absolute atomic E-state index is 11.2. The Morgan fingerprint density at radius 2 is 1.91 bits per heavy atom. The van der Waals surface area contributed by atoms with Crippen molar-refractivity contribution in [2.75, 3.05) is 13.2 Å². The Morgan fingerprint density at radius 1 is 1.18 bits per heavy atom. The van der Waals surface area contributed by atoms with Gasteiger partial charge in [-0.25, -0.2) is 0 Å². The molecule has 1 saturated carbocycles. The van der Waals surface area contributed by atoms with Crippen molar-refractivity contribution < 1.29 is 9.84 Å². The van der Waals surface area contributed by atoms with E-state index >= 15 is 0 Å². The number of rotatable bonds is 8. The number of hydrogen-bond donors (Lipinski definition) is 1. The third-order valence-electron chi connectivity index (χ3n) is 4.78. The van der Waals surface area contributed by atoms with Crippen LogP contribution in [0.1, 0.15) is 31.2 Å². The fourth-order valence-electron chi connectivity index (χ4n) is 3.62. The smallest absolute Gasteiger partial charge is 0.0763 e. The molecule has 1 aliphatic carbocycles. The van der Waals surface area contributed by atoms with Crippen LogP contribution >= 0.6 is 11.6 Å². The molecule has 2 nitrogen and oxygen atoms in total. The second-order valence-corrected chi connectivity index (χ2v) is 6.70. The molecule has 3 heteroatoms. The lowest BCUT2D eigenvalue weighted by molar-refractivity contribution is -0.0970. The fraction of sp³-hybridized carbons (Fsp3) is 0.474. The summed E-state index contributed by atoms with van der Waals surface area (Å²) < 4.78 is 5.77. The Morgan fingerprint density at radius 3 is 2.55 bits per heavy atom. The molecule has 0 radical (unpaired) electrons. The van der Waals surface area contributed by atoms with Crippen molar-refractivity contribution in [1.82, 2.24) is 0 Å². The quantitative estimate of drug-likeness (QED) is 0.562. The van der Waals surface area contributed by atoms with Crippen molar-refractivity contribution in [3.63, 3.8) is 0 Å². The van der Waals surface area contributed by atoms with Gasteiger partial charge in [-0.15, -0.1) is 13.2 Å². The summed E-state index contributed by atoms with van der Waals surface area (Å²) in [7, 11) is 0. The van der Waals surface area contributed by atoms with Crippen molar-refractivity contribution in [1.29, 1.82) is 0 Å². The number of ether oxygens (including phenoxy) is 1. The van der Waals surface area contributed by atoms with Gasteiger partial charge in [0.2, 0.25) is 0 Å². The van der Waals surface area contributed by atoms with E-state index in [0.717, 1.165) is 30.7 Å². The Balaban J connectivity index is 2.26. The molecular formula is C19H25ClO2. The monoisotopic (exact) mass is 320 g/mol. The highest BCUT2D eigenvalue weighted by molar-refractivity contribution is 6.30. The Bertz CT molecular complexity index is 511. The molecule has 0 aliphatic heterocycles. The van der Waals surface area contributed by atoms with E-state index in [1.165, 1.54) is 5.56 Å². The van der Waals surface area contributed by atoms with Gasteiger partial charge in [0, 0.05) is 10.4 Å². The van der Waals surface area contributed by atoms with E-state index in [2.05, 4.69) is 13.2 Å². The third-order valence-corrected chi connectivity index (χ3v) is 5.04. The fourth-order valence-corrected chi connectivity index (χ4v) is 3.74. The van der Waals surface area contributed by atoms with Crippen molar-refractivity contribution in [2.45, 2.75) is 37.7 Å². The Hall–Kier alpha value is -1.09. The minimum atomic E-state index is -0.754. The number of hydrogen-bond acceptors (Lipinski definition) is 2. The largest absolute Gasteiger partial charge is 0.389 e. The molecule has 0 amide bonds. The second-order valence-electron chi connectivity index (χ2n) is 6.27. The second kappa shape index (κ2) is 7.45. The van der Waals surface area contributed by atoms with Crippen LogP contribution in [-0.2, 0) is 11.2 Å². The topological polar surface area (TPSA) is 29.5 Å². The zero-order valence-corrected chi connectivity index (χ0v) is 13.8. The summed E-state index contributed by atoms with van der Waals surface area (Å²) >= 11 is 5.97. The van der Waals surface area contributed by atoms with Gasteiger partial charge in [0.25, 0.3) is 0 Å². The first kappa shape index (κ1) is 17.3. The van der Waals surface area contributed by atoms with E-state index in [0.29, 0.717) is 19.6 Å². The lowest BCUT2D eigenvalue weighted by Crippen LogP contribution is -2.48. The molecule has 0 heterocycles. The lowest BCUT2D eigenvalue weighted by Gasteiger charge is -2.42. The van der Waals surface area contributed by atoms with Crippen LogP contribution < -0.4 is 0 Å². The van der Waals surface area contributed by atoms with E-state index < -0.39 is 5.60 Å². The Kier molecular flexibility index (Phi) is 5.85. The van der Waals surface area contributed by atoms with Gasteiger partial charge in [-0.05, 0) is 49.8 Å². The van der Waals surface area contributed by atoms with E-state index in [-0.39, 0.29) is 5.41 Å². The standard InChI is InChI=1S/C19H25ClO2/c1-3-10-19(21)12-5-11-18(19,15-22-13-4-2)14-16-6-8-17(20)9-7-16/h3-4,6-9,21H,1-2,5,10-15H2/t18-,19-/m1/s1. The van der Waals surface area contributed by atoms with Gasteiger partial charge in [0.15, 0.2) is 0 Å². The highest BCUT2D eigenvalue weighted by atomic mass is 35.5. The van der Waals surface area contributed by atoms with Crippen LogP contribution in [0, 0.1) is 5.41 Å². The molecule has 0 bridgehead atoms. The lowest BCUT2D eigenvalue weighted by atomic mass is 9.69. The summed E-state index contributed by atoms with van der Waals surface area (Å²) in [5.41, 5.74) is 0.143. The van der Waals surface area contributed by atoms with Gasteiger partial charge >= 0.3 is 0 Å². The normalized spacial score (nSPS) is 27.7. The molecule has 0 unspecified atom stereocenters. The molecule has 120 valence electrons. The molecule has 0 spiro atoms. The zero-order chi connectivity index (χ0) is 16.1. The van der Waals surface area contributed by atoms with Crippen LogP contribution in [0.5, 0.6) is 0 Å². The van der Waals surface area contributed by atoms with Gasteiger partial charge in [0.1, 0.15) is 0 Å². The molecule has 22 heavy (non-hydrogen) atoms. The molecule has 1 N–H and O–H groups in total. The van der Waals surface area contributed by atoms with Gasteiger partial charge in [0.05, 0.1) is 18.8 Å². The van der Waals surface area contributed by atoms with Crippen LogP contribution in [-0.4, -0.2) is 23.9 Å². The average molecular weight is 321 g/mol. The highest BCUT2D eigenvalue weighted by Crippen LogP contribution is 2.51. The Labute approximate surface area is 138 Å². The zero-order valence-electron chi connectivity index (χ0n) is 13.1. The maximum Gasteiger partial charge on any atom is 0.0763 e.